The molecule has 0 unspecified atom stereocenters. The molecule has 0 saturated heterocycles. The Morgan fingerprint density at radius 2 is 2.10 bits per heavy atom. The number of nitrogens with zero attached hydrogens (tertiary/aromatic N) is 8. The van der Waals surface area contributed by atoms with Crippen LogP contribution in [0.15, 0.2) is 68.3 Å². The predicted molar refractivity (Wildman–Crippen MR) is 112 cm³/mol. The van der Waals surface area contributed by atoms with Crippen molar-refractivity contribution in [2.24, 2.45) is 0 Å². The van der Waals surface area contributed by atoms with Gasteiger partial charge in [-0.1, -0.05) is 29.7 Å². The summed E-state index contributed by atoms with van der Waals surface area (Å²) in [5.41, 5.74) is 5.90. The van der Waals surface area contributed by atoms with Crippen LogP contribution in [-0.4, -0.2) is 46.6 Å². The minimum Gasteiger partial charge on any atom is -0.497 e. The van der Waals surface area contributed by atoms with Crippen LogP contribution in [0.3, 0.4) is 0 Å². The van der Waals surface area contributed by atoms with Crippen molar-refractivity contribution in [3.63, 3.8) is 0 Å². The van der Waals surface area contributed by atoms with E-state index in [0.717, 1.165) is 39.9 Å². The number of hydrogen-bond donors (Lipinski definition) is 0. The molecule has 1 aliphatic heterocycles. The van der Waals surface area contributed by atoms with E-state index < -0.39 is 0 Å². The highest BCUT2D eigenvalue weighted by atomic mass is 16.5. The molecule has 0 N–H and O–H groups in total. The van der Waals surface area contributed by atoms with Crippen LogP contribution in [-0.2, 0) is 6.42 Å². The molecule has 4 aromatic rings. The van der Waals surface area contributed by atoms with E-state index in [4.69, 9.17) is 4.74 Å². The van der Waals surface area contributed by atoms with Gasteiger partial charge in [-0.05, 0) is 24.3 Å². The van der Waals surface area contributed by atoms with Gasteiger partial charge in [0.05, 0.1) is 48.0 Å². The molecule has 0 spiro atoms. The second-order valence-electron chi connectivity index (χ2n) is 6.66. The van der Waals surface area contributed by atoms with E-state index in [9.17, 15) is 0 Å². The lowest BCUT2D eigenvalue weighted by molar-refractivity contribution is 0.414. The van der Waals surface area contributed by atoms with Crippen molar-refractivity contribution < 1.29 is 4.74 Å². The van der Waals surface area contributed by atoms with Gasteiger partial charge in [0.1, 0.15) is 23.5 Å². The average molecular weight is 398 g/mol. The van der Waals surface area contributed by atoms with Crippen molar-refractivity contribution in [3.05, 3.63) is 79.7 Å². The Morgan fingerprint density at radius 3 is 2.90 bits per heavy atom. The lowest BCUT2D eigenvalue weighted by atomic mass is 10.1. The number of imidazole rings is 1. The number of aromatic nitrogens is 8. The van der Waals surface area contributed by atoms with Gasteiger partial charge in [-0.3, -0.25) is 4.57 Å². The first-order valence-corrected chi connectivity index (χ1v) is 9.26. The third-order valence-corrected chi connectivity index (χ3v) is 5.00. The zero-order valence-corrected chi connectivity index (χ0v) is 16.3. The van der Waals surface area contributed by atoms with Crippen LogP contribution >= 0.6 is 0 Å². The van der Waals surface area contributed by atoms with Crippen molar-refractivity contribution in [2.75, 3.05) is 7.11 Å². The van der Waals surface area contributed by atoms with Gasteiger partial charge in [0, 0.05) is 12.5 Å². The first-order chi connectivity index (χ1) is 14.7. The quantitative estimate of drug-likeness (QED) is 0.423. The van der Waals surface area contributed by atoms with E-state index in [1.165, 1.54) is 0 Å². The predicted octanol–water partition coefficient (Wildman–Crippen LogP) is 2.84. The summed E-state index contributed by atoms with van der Waals surface area (Å²) in [6.07, 6.45) is 11.2. The van der Waals surface area contributed by atoms with Crippen molar-refractivity contribution in [1.29, 1.82) is 0 Å². The van der Waals surface area contributed by atoms with Crippen LogP contribution in [0.25, 0.3) is 28.5 Å². The minimum absolute atomic E-state index is 0.586. The van der Waals surface area contributed by atoms with Crippen molar-refractivity contribution in [1.82, 2.24) is 39.5 Å². The Kier molecular flexibility index (Phi) is 4.13. The summed E-state index contributed by atoms with van der Waals surface area (Å²) in [5, 5.41) is 16.9. The lowest BCUT2D eigenvalue weighted by Gasteiger charge is -2.11. The molecule has 5 rings (SSSR count). The van der Waals surface area contributed by atoms with Crippen molar-refractivity contribution >= 4 is 5.70 Å². The highest BCUT2D eigenvalue weighted by Crippen LogP contribution is 2.33. The number of allylic oxidation sites excluding steroid dienone is 4. The molecule has 9 nitrogen and oxygen atoms in total. The Hall–Kier alpha value is -4.27. The molecule has 1 aromatic carbocycles. The van der Waals surface area contributed by atoms with Gasteiger partial charge in [-0.15, -0.1) is 10.2 Å². The molecule has 0 fully saturated rings. The summed E-state index contributed by atoms with van der Waals surface area (Å²) in [6, 6.07) is 5.84. The van der Waals surface area contributed by atoms with Gasteiger partial charge in [0.25, 0.3) is 0 Å². The number of fused-ring (bicyclic) bond motifs is 5. The lowest BCUT2D eigenvalue weighted by Crippen LogP contribution is -2.03. The molecule has 4 heterocycles. The van der Waals surface area contributed by atoms with Gasteiger partial charge in [0.15, 0.2) is 0 Å². The molecule has 0 bridgehead atoms. The van der Waals surface area contributed by atoms with E-state index in [0.29, 0.717) is 12.1 Å². The van der Waals surface area contributed by atoms with Crippen LogP contribution < -0.4 is 4.74 Å². The smallest absolute Gasteiger partial charge is 0.133 e. The fraction of sp³-hybridized carbons (Fsp3) is 0.0952. The van der Waals surface area contributed by atoms with Gasteiger partial charge in [-0.25, -0.2) is 14.3 Å². The Bertz CT molecular complexity index is 1310. The number of hydrogen-bond acceptors (Lipinski definition) is 6. The highest BCUT2D eigenvalue weighted by molar-refractivity contribution is 5.65. The van der Waals surface area contributed by atoms with Crippen LogP contribution in [0.2, 0.25) is 0 Å². The van der Waals surface area contributed by atoms with Gasteiger partial charge < -0.3 is 4.74 Å². The summed E-state index contributed by atoms with van der Waals surface area (Å²) < 4.78 is 10.9. The summed E-state index contributed by atoms with van der Waals surface area (Å²) in [6.45, 7) is 7.54. The fourth-order valence-corrected chi connectivity index (χ4v) is 3.58. The number of benzene rings is 1. The van der Waals surface area contributed by atoms with Crippen LogP contribution in [0.1, 0.15) is 11.4 Å². The molecule has 0 amide bonds. The molecule has 9 heteroatoms. The van der Waals surface area contributed by atoms with E-state index >= 15 is 0 Å². The monoisotopic (exact) mass is 398 g/mol. The number of methoxy groups -OCH3 is 1. The zero-order valence-electron chi connectivity index (χ0n) is 16.3. The maximum atomic E-state index is 5.40. The maximum absolute atomic E-state index is 5.40. The molecule has 30 heavy (non-hydrogen) atoms. The molecule has 3 aromatic heterocycles. The largest absolute Gasteiger partial charge is 0.497 e. The summed E-state index contributed by atoms with van der Waals surface area (Å²) >= 11 is 0. The molecular weight excluding hydrogens is 380 g/mol. The standard InChI is InChI=1S/C21H18N8O/c1-4-6-14(5-2)28-12-17(24-26-28)21-20-9-15-11-23-25-29(15)19-10-16(30-3)7-8-18(19)27(20)13-22-21/h4-8,10-13H,1-2,9H2,3H3/b14-6+. The minimum atomic E-state index is 0.586. The van der Waals surface area contributed by atoms with Gasteiger partial charge in [0.2, 0.25) is 0 Å². The molecule has 0 saturated carbocycles. The summed E-state index contributed by atoms with van der Waals surface area (Å²) in [4.78, 5) is 4.65. The van der Waals surface area contributed by atoms with Crippen LogP contribution in [0, 0.1) is 0 Å². The summed E-state index contributed by atoms with van der Waals surface area (Å²) in [5.74, 6) is 0.743. The Morgan fingerprint density at radius 1 is 1.20 bits per heavy atom. The van der Waals surface area contributed by atoms with Crippen molar-refractivity contribution in [3.8, 4) is 28.5 Å². The molecule has 0 atom stereocenters. The molecule has 1 aliphatic rings. The van der Waals surface area contributed by atoms with Crippen molar-refractivity contribution in [2.45, 2.75) is 6.42 Å². The molecule has 148 valence electrons. The summed E-state index contributed by atoms with van der Waals surface area (Å²) in [7, 11) is 1.64. The van der Waals surface area contributed by atoms with Crippen LogP contribution in [0.4, 0.5) is 0 Å². The third kappa shape index (κ3) is 2.67. The fourth-order valence-electron chi connectivity index (χ4n) is 3.58. The Balaban J connectivity index is 1.67. The normalized spacial score (nSPS) is 12.5. The van der Waals surface area contributed by atoms with E-state index in [-0.39, 0.29) is 0 Å². The molecule has 0 aliphatic carbocycles. The van der Waals surface area contributed by atoms with E-state index in [1.54, 1.807) is 36.5 Å². The average Bonchev–Trinajstić information content (AvgIpc) is 3.50. The van der Waals surface area contributed by atoms with Gasteiger partial charge in [-0.2, -0.15) is 0 Å². The third-order valence-electron chi connectivity index (χ3n) is 5.00. The number of ether oxygens (including phenoxy) is 1. The second kappa shape index (κ2) is 6.96. The van der Waals surface area contributed by atoms with E-state index in [1.807, 2.05) is 39.7 Å². The first kappa shape index (κ1) is 17.8. The second-order valence-corrected chi connectivity index (χ2v) is 6.66. The topological polar surface area (TPSA) is 88.5 Å². The number of rotatable bonds is 5. The van der Waals surface area contributed by atoms with Crippen LogP contribution in [0.5, 0.6) is 5.75 Å². The first-order valence-electron chi connectivity index (χ1n) is 9.26. The van der Waals surface area contributed by atoms with E-state index in [2.05, 4.69) is 38.8 Å². The van der Waals surface area contributed by atoms with Gasteiger partial charge >= 0.3 is 0 Å². The maximum Gasteiger partial charge on any atom is 0.133 e. The SMILES string of the molecule is C=C/C=C(\C=C)n1cc(-c2ncn3c2Cc2cnnn2-c2cc(OC)ccc2-3)nn1. The highest BCUT2D eigenvalue weighted by Gasteiger charge is 2.25. The molecule has 0 radical (unpaired) electrons. The Labute approximate surface area is 172 Å². The zero-order chi connectivity index (χ0) is 20.7. The molecular formula is C21H18N8O.